The van der Waals surface area contributed by atoms with E-state index in [1.165, 1.54) is 64.2 Å². The van der Waals surface area contributed by atoms with E-state index in [1.54, 1.807) is 0 Å². The van der Waals surface area contributed by atoms with Crippen LogP contribution < -0.4 is 0 Å². The molecule has 0 spiro atoms. The molecule has 8 atom stereocenters. The van der Waals surface area contributed by atoms with Crippen LogP contribution in [-0.4, -0.2) is 5.78 Å². The second-order valence-electron chi connectivity index (χ2n) is 12.4. The molecule has 1 nitrogen and oxygen atoms in total. The molecule has 0 aromatic carbocycles. The highest BCUT2D eigenvalue weighted by Gasteiger charge is 2.60. The summed E-state index contributed by atoms with van der Waals surface area (Å²) in [6, 6.07) is 0. The van der Waals surface area contributed by atoms with Crippen molar-refractivity contribution in [3.8, 4) is 0 Å². The van der Waals surface area contributed by atoms with Crippen molar-refractivity contribution < 1.29 is 4.79 Å². The predicted molar refractivity (Wildman–Crippen MR) is 118 cm³/mol. The Bertz CT molecular complexity index is 579. The summed E-state index contributed by atoms with van der Waals surface area (Å²) in [5.41, 5.74) is 1.07. The van der Waals surface area contributed by atoms with Crippen LogP contribution in [0, 0.1) is 52.3 Å². The zero-order valence-corrected chi connectivity index (χ0v) is 19.4. The molecule has 0 radical (unpaired) electrons. The third kappa shape index (κ3) is 3.41. The number of ketones is 1. The van der Waals surface area contributed by atoms with E-state index in [0.29, 0.717) is 22.5 Å². The van der Waals surface area contributed by atoms with Crippen LogP contribution in [0.4, 0.5) is 0 Å². The standard InChI is InChI=1S/C27H46O/c1-18(2)7-6-8-19(3)23-11-12-24-22-10-9-20-17-21(28)13-15-26(20,4)25(22)14-16-27(23,24)5/h18-20,22-25H,6-17H2,1-5H3/t19-,20-,22-,23-,24+,25+,26-,27-/m0/s1. The lowest BCUT2D eigenvalue weighted by Crippen LogP contribution is -2.53. The molecule has 4 aliphatic rings. The second kappa shape index (κ2) is 7.73. The largest absolute Gasteiger partial charge is 0.300 e. The summed E-state index contributed by atoms with van der Waals surface area (Å²) in [7, 11) is 0. The fourth-order valence-electron chi connectivity index (χ4n) is 9.07. The van der Waals surface area contributed by atoms with Crippen molar-refractivity contribution in [2.75, 3.05) is 0 Å². The quantitative estimate of drug-likeness (QED) is 0.473. The fourth-order valence-corrected chi connectivity index (χ4v) is 9.07. The molecule has 0 N–H and O–H groups in total. The third-order valence-electron chi connectivity index (χ3n) is 10.7. The Morgan fingerprint density at radius 3 is 2.39 bits per heavy atom. The van der Waals surface area contributed by atoms with Gasteiger partial charge in [-0.05, 0) is 97.2 Å². The molecule has 28 heavy (non-hydrogen) atoms. The van der Waals surface area contributed by atoms with Gasteiger partial charge in [-0.15, -0.1) is 0 Å². The van der Waals surface area contributed by atoms with Crippen molar-refractivity contribution in [3.63, 3.8) is 0 Å². The molecule has 4 rings (SSSR count). The average Bonchev–Trinajstić information content (AvgIpc) is 2.99. The molecular formula is C27H46O. The Morgan fingerprint density at radius 2 is 1.64 bits per heavy atom. The minimum atomic E-state index is 0.471. The third-order valence-corrected chi connectivity index (χ3v) is 10.7. The van der Waals surface area contributed by atoms with Gasteiger partial charge in [0.1, 0.15) is 5.78 Å². The molecule has 4 fully saturated rings. The van der Waals surface area contributed by atoms with E-state index < -0.39 is 0 Å². The molecule has 0 amide bonds. The smallest absolute Gasteiger partial charge is 0.133 e. The van der Waals surface area contributed by atoms with E-state index >= 15 is 0 Å². The number of Topliss-reactive ketones (excluding diaryl/α,β-unsaturated/α-hetero) is 1. The van der Waals surface area contributed by atoms with Crippen molar-refractivity contribution in [2.24, 2.45) is 52.3 Å². The van der Waals surface area contributed by atoms with Crippen LogP contribution in [0.25, 0.3) is 0 Å². The minimum Gasteiger partial charge on any atom is -0.300 e. The van der Waals surface area contributed by atoms with Crippen molar-refractivity contribution >= 4 is 5.78 Å². The van der Waals surface area contributed by atoms with Gasteiger partial charge >= 0.3 is 0 Å². The van der Waals surface area contributed by atoms with E-state index in [0.717, 1.165) is 48.3 Å². The summed E-state index contributed by atoms with van der Waals surface area (Å²) in [5.74, 6) is 6.82. The van der Waals surface area contributed by atoms with Gasteiger partial charge in [-0.25, -0.2) is 0 Å². The van der Waals surface area contributed by atoms with Gasteiger partial charge in [-0.1, -0.05) is 53.9 Å². The number of rotatable bonds is 5. The Labute approximate surface area is 174 Å². The lowest BCUT2D eigenvalue weighted by atomic mass is 9.44. The molecule has 0 aliphatic heterocycles. The molecular weight excluding hydrogens is 340 g/mol. The van der Waals surface area contributed by atoms with E-state index in [4.69, 9.17) is 0 Å². The van der Waals surface area contributed by atoms with Gasteiger partial charge in [0.25, 0.3) is 0 Å². The monoisotopic (exact) mass is 386 g/mol. The topological polar surface area (TPSA) is 17.1 Å². The summed E-state index contributed by atoms with van der Waals surface area (Å²) < 4.78 is 0. The molecule has 0 bridgehead atoms. The molecule has 1 heteroatoms. The fraction of sp³-hybridized carbons (Fsp3) is 0.963. The maximum atomic E-state index is 12.1. The Hall–Kier alpha value is -0.330. The number of fused-ring (bicyclic) bond motifs is 5. The highest BCUT2D eigenvalue weighted by Crippen LogP contribution is 2.68. The summed E-state index contributed by atoms with van der Waals surface area (Å²) in [6.45, 7) is 12.6. The zero-order valence-electron chi connectivity index (χ0n) is 19.4. The SMILES string of the molecule is CC(C)CCC[C@H](C)[C@@H]1CC[C@@H]2[C@@H]3CC[C@H]4CC(=O)CC[C@]4(C)[C@@H]3CC[C@]21C. The second-order valence-corrected chi connectivity index (χ2v) is 12.4. The molecule has 4 aliphatic carbocycles. The first-order valence-electron chi connectivity index (χ1n) is 12.8. The van der Waals surface area contributed by atoms with E-state index in [2.05, 4.69) is 34.6 Å². The van der Waals surface area contributed by atoms with Crippen molar-refractivity contribution in [3.05, 3.63) is 0 Å². The molecule has 0 aromatic heterocycles. The van der Waals surface area contributed by atoms with Crippen LogP contribution in [0.5, 0.6) is 0 Å². The first-order chi connectivity index (χ1) is 13.3. The highest BCUT2D eigenvalue weighted by atomic mass is 16.1. The van der Waals surface area contributed by atoms with E-state index in [1.807, 2.05) is 0 Å². The van der Waals surface area contributed by atoms with E-state index in [9.17, 15) is 4.79 Å². The van der Waals surface area contributed by atoms with Crippen molar-refractivity contribution in [2.45, 2.75) is 112 Å². The van der Waals surface area contributed by atoms with Gasteiger partial charge in [0.15, 0.2) is 0 Å². The summed E-state index contributed by atoms with van der Waals surface area (Å²) >= 11 is 0. The van der Waals surface area contributed by atoms with Gasteiger partial charge in [0, 0.05) is 12.8 Å². The van der Waals surface area contributed by atoms with E-state index in [-0.39, 0.29) is 0 Å². The van der Waals surface area contributed by atoms with Gasteiger partial charge in [-0.3, -0.25) is 4.79 Å². The normalized spacial score (nSPS) is 46.8. The van der Waals surface area contributed by atoms with Gasteiger partial charge in [0.2, 0.25) is 0 Å². The van der Waals surface area contributed by atoms with Crippen LogP contribution in [0.1, 0.15) is 112 Å². The molecule has 4 saturated carbocycles. The van der Waals surface area contributed by atoms with Crippen molar-refractivity contribution in [1.82, 2.24) is 0 Å². The predicted octanol–water partition coefficient (Wildman–Crippen LogP) is 7.68. The zero-order chi connectivity index (χ0) is 20.1. The first kappa shape index (κ1) is 20.9. The Morgan fingerprint density at radius 1 is 0.893 bits per heavy atom. The maximum Gasteiger partial charge on any atom is 0.133 e. The molecule has 0 heterocycles. The van der Waals surface area contributed by atoms with Crippen LogP contribution in [0.3, 0.4) is 0 Å². The molecule has 160 valence electrons. The van der Waals surface area contributed by atoms with Crippen LogP contribution in [-0.2, 0) is 4.79 Å². The highest BCUT2D eigenvalue weighted by molar-refractivity contribution is 5.79. The van der Waals surface area contributed by atoms with Gasteiger partial charge < -0.3 is 0 Å². The summed E-state index contributed by atoms with van der Waals surface area (Å²) in [6.07, 6.45) is 15.9. The van der Waals surface area contributed by atoms with Gasteiger partial charge in [0.05, 0.1) is 0 Å². The van der Waals surface area contributed by atoms with Gasteiger partial charge in [-0.2, -0.15) is 0 Å². The van der Waals surface area contributed by atoms with Crippen LogP contribution in [0.2, 0.25) is 0 Å². The number of hydrogen-bond donors (Lipinski definition) is 0. The molecule has 0 unspecified atom stereocenters. The first-order valence-corrected chi connectivity index (χ1v) is 12.8. The number of carbonyl (C=O) groups excluding carboxylic acids is 1. The average molecular weight is 387 g/mol. The minimum absolute atomic E-state index is 0.471. The van der Waals surface area contributed by atoms with Crippen LogP contribution in [0.15, 0.2) is 0 Å². The maximum absolute atomic E-state index is 12.1. The Balaban J connectivity index is 1.47. The number of carbonyl (C=O) groups is 1. The Kier molecular flexibility index (Phi) is 5.78. The lowest BCUT2D eigenvalue weighted by molar-refractivity contribution is -0.140. The molecule has 0 saturated heterocycles. The van der Waals surface area contributed by atoms with Crippen LogP contribution >= 0.6 is 0 Å². The molecule has 0 aromatic rings. The van der Waals surface area contributed by atoms with Crippen molar-refractivity contribution in [1.29, 1.82) is 0 Å². The summed E-state index contributed by atoms with van der Waals surface area (Å²) in [4.78, 5) is 12.1. The lowest BCUT2D eigenvalue weighted by Gasteiger charge is -2.60. The number of hydrogen-bond acceptors (Lipinski definition) is 1. The summed E-state index contributed by atoms with van der Waals surface area (Å²) in [5, 5.41) is 0.